The van der Waals surface area contributed by atoms with Crippen molar-refractivity contribution in [3.05, 3.63) is 24.3 Å². The summed E-state index contributed by atoms with van der Waals surface area (Å²) in [5.41, 5.74) is 1.69. The zero-order valence-corrected chi connectivity index (χ0v) is 9.93. The fourth-order valence-corrected chi connectivity index (χ4v) is 1.34. The summed E-state index contributed by atoms with van der Waals surface area (Å²) < 4.78 is 0. The molecule has 84 valence electrons. The molecule has 0 saturated heterocycles. The van der Waals surface area contributed by atoms with E-state index in [-0.39, 0.29) is 5.17 Å². The lowest BCUT2D eigenvalue weighted by Gasteiger charge is -1.98. The van der Waals surface area contributed by atoms with E-state index < -0.39 is 0 Å². The molecule has 0 aromatic heterocycles. The van der Waals surface area contributed by atoms with Gasteiger partial charge in [0.25, 0.3) is 0 Å². The van der Waals surface area contributed by atoms with Gasteiger partial charge in [-0.25, -0.2) is 0 Å². The van der Waals surface area contributed by atoms with Crippen molar-refractivity contribution in [2.75, 3.05) is 12.4 Å². The molecule has 0 aliphatic carbocycles. The van der Waals surface area contributed by atoms with Crippen molar-refractivity contribution in [2.24, 2.45) is 10.2 Å². The van der Waals surface area contributed by atoms with E-state index in [2.05, 4.69) is 15.5 Å². The summed E-state index contributed by atoms with van der Waals surface area (Å²) in [4.78, 5) is 0. The molecule has 0 heterocycles. The molecule has 0 unspecified atom stereocenters. The van der Waals surface area contributed by atoms with Crippen LogP contribution in [0.15, 0.2) is 34.5 Å². The highest BCUT2D eigenvalue weighted by Gasteiger charge is 1.97. The topological polar surface area (TPSA) is 84.5 Å². The molecule has 0 fully saturated rings. The van der Waals surface area contributed by atoms with Gasteiger partial charge in [-0.15, -0.1) is 10.2 Å². The average molecular weight is 235 g/mol. The molecule has 1 rings (SSSR count). The van der Waals surface area contributed by atoms with Gasteiger partial charge in [-0.1, -0.05) is 0 Å². The van der Waals surface area contributed by atoms with Crippen molar-refractivity contribution in [1.82, 2.24) is 0 Å². The lowest BCUT2D eigenvalue weighted by atomic mass is 10.3. The highest BCUT2D eigenvalue weighted by Crippen LogP contribution is 2.17. The molecule has 16 heavy (non-hydrogen) atoms. The van der Waals surface area contributed by atoms with Crippen LogP contribution < -0.4 is 5.32 Å². The van der Waals surface area contributed by atoms with Crippen molar-refractivity contribution in [3.63, 3.8) is 0 Å². The quantitative estimate of drug-likeness (QED) is 0.416. The van der Waals surface area contributed by atoms with Crippen LogP contribution in [-0.4, -0.2) is 17.3 Å². The van der Waals surface area contributed by atoms with E-state index in [4.69, 9.17) is 10.8 Å². The summed E-state index contributed by atoms with van der Waals surface area (Å²) in [5.74, 6) is 0. The summed E-state index contributed by atoms with van der Waals surface area (Å²) in [6.45, 7) is 1.61. The van der Waals surface area contributed by atoms with E-state index in [0.29, 0.717) is 10.7 Å². The molecule has 0 saturated carbocycles. The minimum Gasteiger partial charge on any atom is -0.388 e. The molecule has 0 aliphatic rings. The maximum Gasteiger partial charge on any atom is 0.207 e. The number of hydrogen-bond acceptors (Lipinski definition) is 5. The number of rotatable bonds is 2. The van der Waals surface area contributed by atoms with Crippen LogP contribution in [0.25, 0.3) is 0 Å². The first kappa shape index (κ1) is 12.4. The number of nitrogens with one attached hydrogen (secondary N) is 3. The fraction of sp³-hybridized carbons (Fsp3) is 0.200. The van der Waals surface area contributed by atoms with Crippen molar-refractivity contribution in [2.45, 2.75) is 6.92 Å². The Morgan fingerprint density at radius 3 is 2.38 bits per heavy atom. The maximum atomic E-state index is 7.40. The number of thioether (sulfide) groups is 1. The second-order valence-electron chi connectivity index (χ2n) is 2.96. The standard InChI is InChI=1S/C10H13N5S/c1-7(11)16-10(12)15-14-9-5-3-8(13-2)4-6-9/h3-6,11-13H,1-2H3. The molecule has 1 aromatic carbocycles. The third-order valence-corrected chi connectivity index (χ3v) is 2.24. The summed E-state index contributed by atoms with van der Waals surface area (Å²) >= 11 is 0.975. The van der Waals surface area contributed by atoms with Crippen LogP contribution in [0.4, 0.5) is 11.4 Å². The molecule has 0 bridgehead atoms. The van der Waals surface area contributed by atoms with Crippen LogP contribution in [0.5, 0.6) is 0 Å². The predicted octanol–water partition coefficient (Wildman–Crippen LogP) is 3.48. The highest BCUT2D eigenvalue weighted by molar-refractivity contribution is 8.26. The normalized spacial score (nSPS) is 10.4. The van der Waals surface area contributed by atoms with Gasteiger partial charge in [0.15, 0.2) is 0 Å². The first-order valence-electron chi connectivity index (χ1n) is 4.63. The Hall–Kier alpha value is -1.69. The van der Waals surface area contributed by atoms with Gasteiger partial charge < -0.3 is 5.32 Å². The number of azo groups is 1. The third kappa shape index (κ3) is 4.22. The summed E-state index contributed by atoms with van der Waals surface area (Å²) in [6.07, 6.45) is 0. The second-order valence-corrected chi connectivity index (χ2v) is 4.16. The van der Waals surface area contributed by atoms with Crippen LogP contribution in [0.3, 0.4) is 0 Å². The van der Waals surface area contributed by atoms with Gasteiger partial charge in [0.05, 0.1) is 10.7 Å². The Labute approximate surface area is 98.4 Å². The summed E-state index contributed by atoms with van der Waals surface area (Å²) in [7, 11) is 1.84. The molecular weight excluding hydrogens is 222 g/mol. The lowest BCUT2D eigenvalue weighted by molar-refractivity contribution is 1.27. The molecule has 0 spiro atoms. The van der Waals surface area contributed by atoms with E-state index in [9.17, 15) is 0 Å². The molecule has 0 radical (unpaired) electrons. The Kier molecular flexibility index (Phi) is 4.65. The summed E-state index contributed by atoms with van der Waals surface area (Å²) in [6, 6.07) is 7.38. The Morgan fingerprint density at radius 1 is 1.25 bits per heavy atom. The first-order valence-corrected chi connectivity index (χ1v) is 5.44. The summed E-state index contributed by atoms with van der Waals surface area (Å²) in [5, 5.41) is 25.5. The largest absolute Gasteiger partial charge is 0.388 e. The Bertz CT molecular complexity index is 410. The van der Waals surface area contributed by atoms with Crippen molar-refractivity contribution >= 4 is 33.3 Å². The molecule has 3 N–H and O–H groups in total. The van der Waals surface area contributed by atoms with E-state index >= 15 is 0 Å². The monoisotopic (exact) mass is 235 g/mol. The third-order valence-electron chi connectivity index (χ3n) is 1.66. The van der Waals surface area contributed by atoms with Gasteiger partial charge in [-0.3, -0.25) is 10.8 Å². The Morgan fingerprint density at radius 2 is 1.88 bits per heavy atom. The lowest BCUT2D eigenvalue weighted by Crippen LogP contribution is -1.88. The number of nitrogens with zero attached hydrogens (tertiary/aromatic N) is 2. The van der Waals surface area contributed by atoms with Crippen molar-refractivity contribution in [3.8, 4) is 0 Å². The molecule has 0 aliphatic heterocycles. The van der Waals surface area contributed by atoms with Gasteiger partial charge in [0.2, 0.25) is 5.17 Å². The second kappa shape index (κ2) is 6.02. The van der Waals surface area contributed by atoms with E-state index in [0.717, 1.165) is 17.4 Å². The molecule has 0 amide bonds. The zero-order chi connectivity index (χ0) is 12.0. The minimum absolute atomic E-state index is 0.0187. The van der Waals surface area contributed by atoms with Crippen LogP contribution in [-0.2, 0) is 0 Å². The van der Waals surface area contributed by atoms with Crippen LogP contribution >= 0.6 is 11.8 Å². The molecule has 5 nitrogen and oxygen atoms in total. The number of hydrogen-bond donors (Lipinski definition) is 3. The number of amidine groups is 1. The first-order chi connectivity index (χ1) is 7.61. The zero-order valence-electron chi connectivity index (χ0n) is 9.11. The van der Waals surface area contributed by atoms with Gasteiger partial charge in [0, 0.05) is 12.7 Å². The Balaban J connectivity index is 2.62. The van der Waals surface area contributed by atoms with Crippen molar-refractivity contribution < 1.29 is 0 Å². The number of benzene rings is 1. The molecule has 1 aromatic rings. The maximum absolute atomic E-state index is 7.40. The minimum atomic E-state index is 0.0187. The van der Waals surface area contributed by atoms with Crippen molar-refractivity contribution in [1.29, 1.82) is 10.8 Å². The SMILES string of the molecule is CNc1ccc(N=NC(=N)SC(C)=N)cc1. The van der Waals surface area contributed by atoms with Crippen LogP contribution in [0.1, 0.15) is 6.92 Å². The molecule has 0 atom stereocenters. The van der Waals surface area contributed by atoms with E-state index in [1.165, 1.54) is 0 Å². The molecule has 6 heteroatoms. The highest BCUT2D eigenvalue weighted by atomic mass is 32.2. The van der Waals surface area contributed by atoms with Crippen LogP contribution in [0, 0.1) is 10.8 Å². The smallest absolute Gasteiger partial charge is 0.207 e. The van der Waals surface area contributed by atoms with Gasteiger partial charge >= 0.3 is 0 Å². The fourth-order valence-electron chi connectivity index (χ4n) is 0.963. The van der Waals surface area contributed by atoms with Gasteiger partial charge in [0.1, 0.15) is 0 Å². The van der Waals surface area contributed by atoms with E-state index in [1.807, 2.05) is 31.3 Å². The van der Waals surface area contributed by atoms with Gasteiger partial charge in [-0.2, -0.15) is 0 Å². The van der Waals surface area contributed by atoms with Crippen LogP contribution in [0.2, 0.25) is 0 Å². The van der Waals surface area contributed by atoms with E-state index in [1.54, 1.807) is 6.92 Å². The van der Waals surface area contributed by atoms with Gasteiger partial charge in [-0.05, 0) is 43.0 Å². The molecular formula is C10H13N5S. The number of anilines is 1. The average Bonchev–Trinajstić information content (AvgIpc) is 2.26. The predicted molar refractivity (Wildman–Crippen MR) is 69.2 cm³/mol.